The van der Waals surface area contributed by atoms with Crippen LogP contribution in [0.15, 0.2) is 71.4 Å². The topological polar surface area (TPSA) is 91.2 Å². The first-order chi connectivity index (χ1) is 17.6. The van der Waals surface area contributed by atoms with E-state index in [-0.39, 0.29) is 12.1 Å². The van der Waals surface area contributed by atoms with Crippen LogP contribution in [0, 0.1) is 26.7 Å². The van der Waals surface area contributed by atoms with Gasteiger partial charge in [-0.3, -0.25) is 4.57 Å². The van der Waals surface area contributed by atoms with Gasteiger partial charge in [-0.25, -0.2) is 0 Å². The van der Waals surface area contributed by atoms with E-state index in [4.69, 9.17) is 14.6 Å². The van der Waals surface area contributed by atoms with Crippen LogP contribution in [0.2, 0.25) is 0 Å². The number of benzene rings is 2. The highest BCUT2D eigenvalue weighted by Gasteiger charge is 2.16. The second kappa shape index (κ2) is 13.9. The van der Waals surface area contributed by atoms with E-state index >= 15 is 0 Å². The summed E-state index contributed by atoms with van der Waals surface area (Å²) in [4.78, 5) is 23.8. The average molecular weight is 525 g/mol. The van der Waals surface area contributed by atoms with Gasteiger partial charge in [0.2, 0.25) is 0 Å². The average Bonchev–Trinajstić information content (AvgIpc) is 2.85. The second-order valence-electron chi connectivity index (χ2n) is 10.2. The Morgan fingerprint density at radius 2 is 1.97 bits per heavy atom. The van der Waals surface area contributed by atoms with Gasteiger partial charge in [0.25, 0.3) is 0 Å². The van der Waals surface area contributed by atoms with Crippen molar-refractivity contribution in [3.05, 3.63) is 94.1 Å². The van der Waals surface area contributed by atoms with Crippen LogP contribution in [-0.2, 0) is 15.8 Å². The Balaban J connectivity index is 1.54. The number of aryl methyl sites for hydroxylation is 3. The minimum absolute atomic E-state index is 0.0738. The van der Waals surface area contributed by atoms with Crippen molar-refractivity contribution in [2.24, 2.45) is 11.1 Å². The fourth-order valence-corrected chi connectivity index (χ4v) is 5.04. The van der Waals surface area contributed by atoms with Gasteiger partial charge in [-0.15, -0.1) is 0 Å². The van der Waals surface area contributed by atoms with Crippen LogP contribution in [0.25, 0.3) is 0 Å². The van der Waals surface area contributed by atoms with Crippen molar-refractivity contribution >= 4 is 13.3 Å². The highest BCUT2D eigenvalue weighted by atomic mass is 31.2. The molecule has 6 nitrogen and oxygen atoms in total. The van der Waals surface area contributed by atoms with E-state index in [0.29, 0.717) is 25.5 Å². The number of hydrogen-bond donors (Lipinski definition) is 3. The van der Waals surface area contributed by atoms with E-state index in [0.717, 1.165) is 30.7 Å². The van der Waals surface area contributed by atoms with Gasteiger partial charge >= 0.3 is 7.60 Å². The van der Waals surface area contributed by atoms with Crippen LogP contribution in [0.1, 0.15) is 53.5 Å². The van der Waals surface area contributed by atoms with Crippen molar-refractivity contribution in [2.45, 2.75) is 52.9 Å². The Labute approximate surface area is 221 Å². The van der Waals surface area contributed by atoms with Gasteiger partial charge in [-0.2, -0.15) is 0 Å². The number of nitrogens with one attached hydrogen (secondary N) is 1. The van der Waals surface area contributed by atoms with Gasteiger partial charge in [0, 0.05) is 12.5 Å². The monoisotopic (exact) mass is 524 g/mol. The van der Waals surface area contributed by atoms with E-state index in [9.17, 15) is 4.57 Å². The van der Waals surface area contributed by atoms with E-state index < -0.39 is 7.60 Å². The first-order valence-electron chi connectivity index (χ1n) is 13.0. The van der Waals surface area contributed by atoms with Crippen LogP contribution in [-0.4, -0.2) is 41.4 Å². The summed E-state index contributed by atoms with van der Waals surface area (Å²) in [6, 6.07) is 15.3. The second-order valence-corrected chi connectivity index (χ2v) is 11.9. The van der Waals surface area contributed by atoms with Crippen LogP contribution in [0.4, 0.5) is 0 Å². The summed E-state index contributed by atoms with van der Waals surface area (Å²) in [5.74, 6) is 0.562. The Morgan fingerprint density at radius 1 is 1.16 bits per heavy atom. The molecule has 200 valence electrons. The van der Waals surface area contributed by atoms with Gasteiger partial charge in [0.15, 0.2) is 0 Å². The molecule has 0 aromatic heterocycles. The minimum Gasteiger partial charge on any atom is -0.395 e. The van der Waals surface area contributed by atoms with Gasteiger partial charge in [-0.1, -0.05) is 71.4 Å². The summed E-state index contributed by atoms with van der Waals surface area (Å²) in [6.45, 7) is 10.3. The van der Waals surface area contributed by atoms with Crippen LogP contribution in [0.5, 0.6) is 0 Å². The number of rotatable bonds is 13. The molecule has 3 N–H and O–H groups in total. The van der Waals surface area contributed by atoms with Gasteiger partial charge in [0.1, 0.15) is 6.61 Å². The van der Waals surface area contributed by atoms with Crippen LogP contribution >= 0.6 is 7.60 Å². The quantitative estimate of drug-likeness (QED) is 0.130. The van der Waals surface area contributed by atoms with E-state index in [1.54, 1.807) is 0 Å². The molecular formula is C30H41N2O4P. The number of oxime groups is 1. The highest BCUT2D eigenvalue weighted by molar-refractivity contribution is 7.51. The van der Waals surface area contributed by atoms with Crippen molar-refractivity contribution in [3.63, 3.8) is 0 Å². The lowest BCUT2D eigenvalue weighted by Gasteiger charge is -2.19. The lowest BCUT2D eigenvalue weighted by atomic mass is 9.90. The van der Waals surface area contributed by atoms with Gasteiger partial charge in [-0.05, 0) is 87.2 Å². The molecule has 1 aliphatic rings. The molecule has 2 unspecified atom stereocenters. The third-order valence-electron chi connectivity index (χ3n) is 6.86. The van der Waals surface area contributed by atoms with Crippen molar-refractivity contribution in [1.82, 2.24) is 5.32 Å². The zero-order valence-corrected chi connectivity index (χ0v) is 23.4. The first-order valence-corrected chi connectivity index (χ1v) is 14.8. The Kier molecular flexibility index (Phi) is 10.9. The van der Waals surface area contributed by atoms with Crippen LogP contribution in [0.3, 0.4) is 0 Å². The molecular weight excluding hydrogens is 483 g/mol. The minimum atomic E-state index is -3.90. The fourth-order valence-electron chi connectivity index (χ4n) is 4.47. The Bertz CT molecular complexity index is 1180. The molecule has 0 fully saturated rings. The van der Waals surface area contributed by atoms with Gasteiger partial charge < -0.3 is 19.9 Å². The molecule has 2 aromatic carbocycles. The SMILES string of the molecule is C/C(=N\OCC(Cc1ccc(C)c(C)c1)c1cccc(C)c1)C1=CCC(CNCCCP(=O)(O)O)C=C1. The van der Waals surface area contributed by atoms with Crippen molar-refractivity contribution in [3.8, 4) is 0 Å². The van der Waals surface area contributed by atoms with E-state index in [1.165, 1.54) is 27.8 Å². The smallest absolute Gasteiger partial charge is 0.325 e. The van der Waals surface area contributed by atoms with Crippen molar-refractivity contribution < 1.29 is 19.2 Å². The largest absolute Gasteiger partial charge is 0.395 e. The third-order valence-corrected chi connectivity index (χ3v) is 7.76. The molecule has 0 saturated heterocycles. The predicted octanol–water partition coefficient (Wildman–Crippen LogP) is 5.99. The van der Waals surface area contributed by atoms with Crippen molar-refractivity contribution in [1.29, 1.82) is 0 Å². The maximum atomic E-state index is 10.9. The molecule has 0 bridgehead atoms. The third kappa shape index (κ3) is 10.1. The predicted molar refractivity (Wildman–Crippen MR) is 152 cm³/mol. The first kappa shape index (κ1) is 29.1. The lowest BCUT2D eigenvalue weighted by Crippen LogP contribution is -2.24. The fraction of sp³-hybridized carbons (Fsp3) is 0.433. The number of nitrogens with zero attached hydrogens (tertiary/aromatic N) is 1. The molecule has 3 rings (SSSR count). The molecule has 0 heterocycles. The molecule has 0 radical (unpaired) electrons. The van der Waals surface area contributed by atoms with E-state index in [2.05, 4.69) is 91.9 Å². The zero-order chi connectivity index (χ0) is 26.8. The van der Waals surface area contributed by atoms with E-state index in [1.807, 2.05) is 6.92 Å². The summed E-state index contributed by atoms with van der Waals surface area (Å²) in [6.07, 6.45) is 8.61. The van der Waals surface area contributed by atoms with Crippen LogP contribution < -0.4 is 5.32 Å². The Morgan fingerprint density at radius 3 is 2.65 bits per heavy atom. The summed E-state index contributed by atoms with van der Waals surface area (Å²) >= 11 is 0. The molecule has 0 amide bonds. The lowest BCUT2D eigenvalue weighted by molar-refractivity contribution is 0.128. The zero-order valence-electron chi connectivity index (χ0n) is 22.5. The molecule has 37 heavy (non-hydrogen) atoms. The summed E-state index contributed by atoms with van der Waals surface area (Å²) in [5.41, 5.74) is 8.35. The van der Waals surface area contributed by atoms with Gasteiger partial charge in [0.05, 0.1) is 11.9 Å². The normalized spacial score (nSPS) is 17.0. The Hall–Kier alpha value is -2.50. The molecule has 0 aliphatic heterocycles. The molecule has 0 spiro atoms. The number of hydrogen-bond acceptors (Lipinski definition) is 4. The molecule has 0 saturated carbocycles. The summed E-state index contributed by atoms with van der Waals surface area (Å²) in [7, 11) is -3.90. The molecule has 7 heteroatoms. The maximum absolute atomic E-state index is 10.9. The summed E-state index contributed by atoms with van der Waals surface area (Å²) < 4.78 is 10.9. The standard InChI is InChI=1S/C30H41N2O4P/c1-22-7-5-8-29(17-22)30(19-27-10-9-23(2)24(3)18-27)21-36-32-25(4)28-13-11-26(12-14-28)20-31-15-6-16-37(33,34)35/h5,7-11,13-14,17-18,26,30-31H,6,12,15-16,19-21H2,1-4H3,(H2,33,34,35)/b32-25+. The molecule has 1 aliphatic carbocycles. The maximum Gasteiger partial charge on any atom is 0.325 e. The molecule has 2 aromatic rings. The highest BCUT2D eigenvalue weighted by Crippen LogP contribution is 2.34. The summed E-state index contributed by atoms with van der Waals surface area (Å²) in [5, 5.41) is 7.74. The molecule has 2 atom stereocenters. The number of allylic oxidation sites excluding steroid dienone is 3. The van der Waals surface area contributed by atoms with Crippen molar-refractivity contribution in [2.75, 3.05) is 25.9 Å².